The largest absolute Gasteiger partial charge is 0.471 e. The average Bonchev–Trinajstić information content (AvgIpc) is 2.76. The van der Waals surface area contributed by atoms with Crippen LogP contribution in [0.3, 0.4) is 0 Å². The lowest BCUT2D eigenvalue weighted by Crippen LogP contribution is -2.62. The van der Waals surface area contributed by atoms with Crippen molar-refractivity contribution in [2.75, 3.05) is 13.2 Å². The molecule has 2 fully saturated rings. The molecule has 0 aliphatic carbocycles. The highest BCUT2D eigenvalue weighted by Gasteiger charge is 2.52. The summed E-state index contributed by atoms with van der Waals surface area (Å²) in [5.74, 6) is -3.40. The molecule has 3 rings (SSSR count). The van der Waals surface area contributed by atoms with Crippen molar-refractivity contribution in [2.24, 2.45) is 11.8 Å². The number of rotatable bonds is 7. The molecule has 3 aliphatic rings. The third kappa shape index (κ3) is 5.75. The number of ether oxygens (including phenoxy) is 7. The van der Waals surface area contributed by atoms with Crippen LogP contribution in [0.25, 0.3) is 0 Å². The molecule has 2 saturated heterocycles. The van der Waals surface area contributed by atoms with Gasteiger partial charge in [0.2, 0.25) is 12.6 Å². The topological polar surface area (TPSA) is 153 Å². The molecule has 1 N–H and O–H groups in total. The van der Waals surface area contributed by atoms with Crippen molar-refractivity contribution >= 4 is 23.9 Å². The highest BCUT2D eigenvalue weighted by molar-refractivity contribution is 5.89. The molecule has 3 aliphatic heterocycles. The second-order valence-corrected chi connectivity index (χ2v) is 8.04. The minimum absolute atomic E-state index is 0.221. The summed E-state index contributed by atoms with van der Waals surface area (Å²) in [5.41, 5.74) is 0.345. The van der Waals surface area contributed by atoms with Crippen LogP contribution in [0.1, 0.15) is 27.2 Å². The van der Waals surface area contributed by atoms with E-state index in [-0.39, 0.29) is 19.1 Å². The van der Waals surface area contributed by atoms with Crippen molar-refractivity contribution in [2.45, 2.75) is 64.2 Å². The molecule has 12 nitrogen and oxygen atoms in total. The van der Waals surface area contributed by atoms with Crippen LogP contribution in [0.2, 0.25) is 0 Å². The lowest BCUT2D eigenvalue weighted by Gasteiger charge is -2.45. The van der Waals surface area contributed by atoms with Crippen LogP contribution in [0.15, 0.2) is 24.5 Å². The van der Waals surface area contributed by atoms with Gasteiger partial charge in [-0.3, -0.25) is 14.4 Å². The number of carbonyl (C=O) groups excluding carboxylic acids is 4. The second kappa shape index (κ2) is 11.0. The summed E-state index contributed by atoms with van der Waals surface area (Å²) in [6, 6.07) is 0. The van der Waals surface area contributed by atoms with Gasteiger partial charge < -0.3 is 38.3 Å². The first-order valence-corrected chi connectivity index (χ1v) is 10.7. The molecule has 0 unspecified atom stereocenters. The Hall–Kier alpha value is -2.96. The molecular weight excluding hydrogens is 456 g/mol. The minimum Gasteiger partial charge on any atom is -0.471 e. The molecule has 0 aromatic heterocycles. The van der Waals surface area contributed by atoms with Crippen molar-refractivity contribution < 1.29 is 57.4 Å². The third-order valence-corrected chi connectivity index (χ3v) is 5.62. The fourth-order valence-electron chi connectivity index (χ4n) is 4.14. The zero-order valence-corrected chi connectivity index (χ0v) is 19.0. The summed E-state index contributed by atoms with van der Waals surface area (Å²) in [5, 5.41) is 10.7. The molecule has 12 heteroatoms. The van der Waals surface area contributed by atoms with Crippen molar-refractivity contribution in [3.8, 4) is 0 Å². The third-order valence-electron chi connectivity index (χ3n) is 5.62. The van der Waals surface area contributed by atoms with E-state index in [1.54, 1.807) is 6.08 Å². The number of hydrogen-bond acceptors (Lipinski definition) is 12. The van der Waals surface area contributed by atoms with Gasteiger partial charge in [0.05, 0.1) is 18.4 Å². The first-order chi connectivity index (χ1) is 16.1. The van der Waals surface area contributed by atoms with Gasteiger partial charge in [-0.25, -0.2) is 4.79 Å². The predicted octanol–water partition coefficient (Wildman–Crippen LogP) is 0.121. The first-order valence-electron chi connectivity index (χ1n) is 10.7. The van der Waals surface area contributed by atoms with E-state index < -0.39 is 66.8 Å². The molecule has 0 bridgehead atoms. The highest BCUT2D eigenvalue weighted by atomic mass is 16.8. The molecule has 0 spiro atoms. The summed E-state index contributed by atoms with van der Waals surface area (Å²) in [7, 11) is 0. The molecule has 0 aromatic carbocycles. The second-order valence-electron chi connectivity index (χ2n) is 8.04. The van der Waals surface area contributed by atoms with E-state index in [0.717, 1.165) is 13.8 Å². The molecule has 0 aromatic rings. The normalized spacial score (nSPS) is 34.9. The van der Waals surface area contributed by atoms with E-state index in [1.807, 2.05) is 0 Å². The van der Waals surface area contributed by atoms with E-state index in [9.17, 15) is 24.3 Å². The number of fused-ring (bicyclic) bond motifs is 1. The Kier molecular flexibility index (Phi) is 8.28. The maximum absolute atomic E-state index is 12.1. The molecule has 3 heterocycles. The number of aliphatic hydroxyl groups excluding tert-OH is 1. The maximum atomic E-state index is 12.1. The lowest BCUT2D eigenvalue weighted by molar-refractivity contribution is -0.341. The Bertz CT molecular complexity index is 851. The summed E-state index contributed by atoms with van der Waals surface area (Å²) >= 11 is 0. The molecular formula is C22H28O12. The van der Waals surface area contributed by atoms with E-state index in [0.29, 0.717) is 12.0 Å². The van der Waals surface area contributed by atoms with Gasteiger partial charge in [-0.05, 0) is 6.42 Å². The van der Waals surface area contributed by atoms with Gasteiger partial charge in [0.25, 0.3) is 0 Å². The molecule has 8 atom stereocenters. The molecule has 34 heavy (non-hydrogen) atoms. The molecule has 0 saturated carbocycles. The van der Waals surface area contributed by atoms with Crippen molar-refractivity contribution in [1.29, 1.82) is 0 Å². The summed E-state index contributed by atoms with van der Waals surface area (Å²) in [6.45, 7) is 7.08. The lowest BCUT2D eigenvalue weighted by atomic mass is 9.81. The maximum Gasteiger partial charge on any atom is 0.337 e. The fraction of sp³-hybridized carbons (Fsp3) is 0.636. The minimum atomic E-state index is -1.51. The number of hydrogen-bond donors (Lipinski definition) is 1. The van der Waals surface area contributed by atoms with Gasteiger partial charge in [0.15, 0.2) is 12.2 Å². The van der Waals surface area contributed by atoms with Gasteiger partial charge >= 0.3 is 23.9 Å². The van der Waals surface area contributed by atoms with E-state index in [2.05, 4.69) is 6.58 Å². The monoisotopic (exact) mass is 484 g/mol. The number of aliphatic hydroxyl groups is 1. The van der Waals surface area contributed by atoms with Gasteiger partial charge in [-0.2, -0.15) is 0 Å². The van der Waals surface area contributed by atoms with Gasteiger partial charge in [0.1, 0.15) is 18.8 Å². The fourth-order valence-corrected chi connectivity index (χ4v) is 4.14. The highest BCUT2D eigenvalue weighted by Crippen LogP contribution is 2.39. The quantitative estimate of drug-likeness (QED) is 0.297. The van der Waals surface area contributed by atoms with Gasteiger partial charge in [0, 0.05) is 32.6 Å². The zero-order valence-electron chi connectivity index (χ0n) is 19.0. The smallest absolute Gasteiger partial charge is 0.337 e. The molecule has 188 valence electrons. The predicted molar refractivity (Wildman–Crippen MR) is 109 cm³/mol. The summed E-state index contributed by atoms with van der Waals surface area (Å²) < 4.78 is 37.9. The number of carbonyl (C=O) groups is 4. The van der Waals surface area contributed by atoms with Gasteiger partial charge in [-0.15, -0.1) is 6.58 Å². The Morgan fingerprint density at radius 1 is 1.12 bits per heavy atom. The Labute approximate surface area is 195 Å². The summed E-state index contributed by atoms with van der Waals surface area (Å²) in [4.78, 5) is 46.9. The Morgan fingerprint density at radius 2 is 1.79 bits per heavy atom. The van der Waals surface area contributed by atoms with Crippen LogP contribution >= 0.6 is 0 Å². The van der Waals surface area contributed by atoms with Crippen LogP contribution in [0, 0.1) is 11.8 Å². The van der Waals surface area contributed by atoms with Crippen molar-refractivity contribution in [3.63, 3.8) is 0 Å². The zero-order chi connectivity index (χ0) is 25.0. The van der Waals surface area contributed by atoms with Gasteiger partial charge in [-0.1, -0.05) is 6.08 Å². The van der Waals surface area contributed by atoms with E-state index >= 15 is 0 Å². The number of cyclic esters (lactones) is 1. The van der Waals surface area contributed by atoms with Crippen molar-refractivity contribution in [3.05, 3.63) is 24.5 Å². The standard InChI is InChI=1S/C22H28O12/c1-5-13-14-6-7-28-20(27)15(14)8-30-21(13)34-22-19(32-12(4)25)18(31-11(3)24)17(26)16(33-22)9-29-10(2)23/h5,8,13-14,16-19,21-22,26H,1,6-7,9H2,2-4H3/t13-,14+,16-,17-,18+,19-,21+,22+/m1/s1. The van der Waals surface area contributed by atoms with Crippen LogP contribution in [-0.2, 0) is 52.3 Å². The van der Waals surface area contributed by atoms with E-state index in [1.165, 1.54) is 13.2 Å². The Morgan fingerprint density at radius 3 is 2.41 bits per heavy atom. The first kappa shape index (κ1) is 25.7. The van der Waals surface area contributed by atoms with Crippen LogP contribution < -0.4 is 0 Å². The molecule has 0 radical (unpaired) electrons. The van der Waals surface area contributed by atoms with Crippen LogP contribution in [-0.4, -0.2) is 79.2 Å². The SMILES string of the molecule is C=C[C@H]1[C@H](O[C@@H]2O[C@H](COC(C)=O)[C@@H](O)[C@H](OC(C)=O)[C@H]2OC(C)=O)OC=C2C(=O)OCC[C@H]21. The van der Waals surface area contributed by atoms with Crippen LogP contribution in [0.4, 0.5) is 0 Å². The summed E-state index contributed by atoms with van der Waals surface area (Å²) in [6.07, 6.45) is -4.53. The number of esters is 4. The average molecular weight is 484 g/mol. The Balaban J connectivity index is 1.88. The van der Waals surface area contributed by atoms with Crippen molar-refractivity contribution in [1.82, 2.24) is 0 Å². The molecule has 0 amide bonds. The van der Waals surface area contributed by atoms with E-state index in [4.69, 9.17) is 33.2 Å². The van der Waals surface area contributed by atoms with Crippen LogP contribution in [0.5, 0.6) is 0 Å².